The van der Waals surface area contributed by atoms with Gasteiger partial charge >= 0.3 is 0 Å². The molecule has 5 heteroatoms. The molecule has 2 heterocycles. The van der Waals surface area contributed by atoms with E-state index in [1.54, 1.807) is 32.3 Å². The third-order valence-corrected chi connectivity index (χ3v) is 3.06. The number of nitrogens with one attached hydrogen (secondary N) is 1. The molecule has 2 rings (SSSR count). The van der Waals surface area contributed by atoms with Crippen LogP contribution in [0.15, 0.2) is 41.3 Å². The minimum absolute atomic E-state index is 0.166. The Morgan fingerprint density at radius 3 is 2.75 bits per heavy atom. The van der Waals surface area contributed by atoms with Crippen LogP contribution in [0.5, 0.6) is 0 Å². The van der Waals surface area contributed by atoms with Crippen molar-refractivity contribution in [2.24, 2.45) is 0 Å². The zero-order valence-corrected chi connectivity index (χ0v) is 11.6. The number of pyridine rings is 2. The average molecular weight is 271 g/mol. The van der Waals surface area contributed by atoms with Crippen LogP contribution in [-0.2, 0) is 6.42 Å². The molecule has 0 radical (unpaired) electrons. The number of carbonyl (C=O) groups excluding carboxylic acids is 1. The van der Waals surface area contributed by atoms with E-state index in [9.17, 15) is 9.59 Å². The lowest BCUT2D eigenvalue weighted by molar-refractivity contribution is 0.0794. The highest BCUT2D eigenvalue weighted by Gasteiger charge is 2.15. The second-order valence-corrected chi connectivity index (χ2v) is 4.68. The number of carbonyl (C=O) groups is 1. The van der Waals surface area contributed by atoms with Crippen molar-refractivity contribution in [3.05, 3.63) is 63.8 Å². The van der Waals surface area contributed by atoms with E-state index in [0.717, 1.165) is 11.4 Å². The van der Waals surface area contributed by atoms with Crippen molar-refractivity contribution in [2.75, 3.05) is 13.6 Å². The summed E-state index contributed by atoms with van der Waals surface area (Å²) in [7, 11) is 1.69. The molecule has 0 aromatic carbocycles. The molecule has 0 aliphatic heterocycles. The zero-order valence-electron chi connectivity index (χ0n) is 11.6. The van der Waals surface area contributed by atoms with Crippen molar-refractivity contribution in [2.45, 2.75) is 13.3 Å². The van der Waals surface area contributed by atoms with E-state index in [4.69, 9.17) is 0 Å². The monoisotopic (exact) mass is 271 g/mol. The van der Waals surface area contributed by atoms with Crippen molar-refractivity contribution >= 4 is 5.91 Å². The molecule has 1 N–H and O–H groups in total. The number of aromatic amines is 1. The minimum atomic E-state index is -0.348. The summed E-state index contributed by atoms with van der Waals surface area (Å²) in [6.07, 6.45) is 2.38. The molecule has 2 aromatic rings. The largest absolute Gasteiger partial charge is 0.341 e. The van der Waals surface area contributed by atoms with Crippen LogP contribution >= 0.6 is 0 Å². The normalized spacial score (nSPS) is 10.3. The van der Waals surface area contributed by atoms with Crippen molar-refractivity contribution in [1.82, 2.24) is 14.9 Å². The molecular formula is C15H17N3O2. The van der Waals surface area contributed by atoms with Crippen LogP contribution in [0.4, 0.5) is 0 Å². The van der Waals surface area contributed by atoms with Gasteiger partial charge in [0.05, 0.1) is 0 Å². The quantitative estimate of drug-likeness (QED) is 0.914. The van der Waals surface area contributed by atoms with Gasteiger partial charge in [-0.05, 0) is 31.2 Å². The molecule has 1 amide bonds. The minimum Gasteiger partial charge on any atom is -0.341 e. The zero-order chi connectivity index (χ0) is 14.5. The molecule has 104 valence electrons. The standard InChI is InChI=1S/C15H17N3O2/c1-11-6-7-13(14(19)17-11)15(20)18(2)10-8-12-5-3-4-9-16-12/h3-7,9H,8,10H2,1-2H3,(H,17,19). The van der Waals surface area contributed by atoms with Crippen LogP contribution in [0.1, 0.15) is 21.7 Å². The van der Waals surface area contributed by atoms with Crippen LogP contribution in [-0.4, -0.2) is 34.4 Å². The van der Waals surface area contributed by atoms with E-state index >= 15 is 0 Å². The number of hydrogen-bond donors (Lipinski definition) is 1. The van der Waals surface area contributed by atoms with Crippen LogP contribution in [0, 0.1) is 6.92 Å². The van der Waals surface area contributed by atoms with E-state index in [1.165, 1.54) is 4.90 Å². The van der Waals surface area contributed by atoms with Gasteiger partial charge in [-0.15, -0.1) is 0 Å². The molecule has 0 unspecified atom stereocenters. The molecule has 0 atom stereocenters. The predicted molar refractivity (Wildman–Crippen MR) is 76.7 cm³/mol. The van der Waals surface area contributed by atoms with Crippen LogP contribution in [0.2, 0.25) is 0 Å². The number of hydrogen-bond acceptors (Lipinski definition) is 3. The number of amides is 1. The Balaban J connectivity index is 2.03. The first-order valence-corrected chi connectivity index (χ1v) is 6.43. The lowest BCUT2D eigenvalue weighted by Crippen LogP contribution is -2.33. The van der Waals surface area contributed by atoms with Crippen molar-refractivity contribution < 1.29 is 4.79 Å². The summed E-state index contributed by atoms with van der Waals surface area (Å²) in [5, 5.41) is 0. The maximum Gasteiger partial charge on any atom is 0.260 e. The Bertz CT molecular complexity index is 650. The Labute approximate surface area is 117 Å². The molecule has 0 bridgehead atoms. The van der Waals surface area contributed by atoms with Gasteiger partial charge in [0.15, 0.2) is 0 Å². The first-order valence-electron chi connectivity index (χ1n) is 6.43. The number of H-pyrrole nitrogens is 1. The predicted octanol–water partition coefficient (Wildman–Crippen LogP) is 1.39. The van der Waals surface area contributed by atoms with Crippen molar-refractivity contribution in [1.29, 1.82) is 0 Å². The summed E-state index contributed by atoms with van der Waals surface area (Å²) in [5.74, 6) is -0.276. The summed E-state index contributed by atoms with van der Waals surface area (Å²) in [5.41, 5.74) is 1.48. The van der Waals surface area contributed by atoms with Crippen LogP contribution in [0.25, 0.3) is 0 Å². The van der Waals surface area contributed by atoms with Gasteiger partial charge in [-0.2, -0.15) is 0 Å². The highest BCUT2D eigenvalue weighted by atomic mass is 16.2. The average Bonchev–Trinajstić information content (AvgIpc) is 2.45. The molecule has 0 spiro atoms. The lowest BCUT2D eigenvalue weighted by Gasteiger charge is -2.16. The number of aromatic nitrogens is 2. The number of rotatable bonds is 4. The van der Waals surface area contributed by atoms with Crippen LogP contribution < -0.4 is 5.56 Å². The van der Waals surface area contributed by atoms with Gasteiger partial charge in [0, 0.05) is 37.6 Å². The summed E-state index contributed by atoms with van der Waals surface area (Å²) in [4.78, 5) is 32.3. The highest BCUT2D eigenvalue weighted by Crippen LogP contribution is 2.01. The number of aryl methyl sites for hydroxylation is 1. The van der Waals surface area contributed by atoms with E-state index in [-0.39, 0.29) is 17.0 Å². The molecule has 0 aliphatic carbocycles. The van der Waals surface area contributed by atoms with Gasteiger partial charge < -0.3 is 9.88 Å². The first-order chi connectivity index (χ1) is 9.58. The Hall–Kier alpha value is -2.43. The van der Waals surface area contributed by atoms with E-state index < -0.39 is 0 Å². The molecule has 5 nitrogen and oxygen atoms in total. The van der Waals surface area contributed by atoms with Gasteiger partial charge in [-0.25, -0.2) is 0 Å². The fraction of sp³-hybridized carbons (Fsp3) is 0.267. The summed E-state index contributed by atoms with van der Waals surface area (Å²) in [6.45, 7) is 2.30. The Morgan fingerprint density at radius 1 is 1.30 bits per heavy atom. The van der Waals surface area contributed by atoms with Gasteiger partial charge in [0.2, 0.25) is 0 Å². The number of likely N-dealkylation sites (N-methyl/N-ethyl adjacent to an activating group) is 1. The van der Waals surface area contributed by atoms with Crippen LogP contribution in [0.3, 0.4) is 0 Å². The number of nitrogens with zero attached hydrogens (tertiary/aromatic N) is 2. The smallest absolute Gasteiger partial charge is 0.260 e. The topological polar surface area (TPSA) is 66.1 Å². The molecule has 0 saturated carbocycles. The third kappa shape index (κ3) is 3.32. The van der Waals surface area contributed by atoms with E-state index in [2.05, 4.69) is 9.97 Å². The Morgan fingerprint density at radius 2 is 2.10 bits per heavy atom. The van der Waals surface area contributed by atoms with Gasteiger partial charge in [0.1, 0.15) is 5.56 Å². The van der Waals surface area contributed by atoms with Gasteiger partial charge in [0.25, 0.3) is 11.5 Å². The maximum absolute atomic E-state index is 12.2. The van der Waals surface area contributed by atoms with E-state index in [1.807, 2.05) is 18.2 Å². The lowest BCUT2D eigenvalue weighted by atomic mass is 10.2. The SMILES string of the molecule is Cc1ccc(C(=O)N(C)CCc2ccccn2)c(=O)[nH]1. The second kappa shape index (κ2) is 6.14. The molecule has 2 aromatic heterocycles. The summed E-state index contributed by atoms with van der Waals surface area (Å²) in [6, 6.07) is 8.96. The van der Waals surface area contributed by atoms with Crippen molar-refractivity contribution in [3.63, 3.8) is 0 Å². The molecule has 0 aliphatic rings. The fourth-order valence-corrected chi connectivity index (χ4v) is 1.88. The molecule has 0 saturated heterocycles. The fourth-order valence-electron chi connectivity index (χ4n) is 1.88. The van der Waals surface area contributed by atoms with Gasteiger partial charge in [-0.1, -0.05) is 6.07 Å². The first kappa shape index (κ1) is 14.0. The Kier molecular flexibility index (Phi) is 4.30. The highest BCUT2D eigenvalue weighted by molar-refractivity contribution is 5.93. The molecular weight excluding hydrogens is 254 g/mol. The van der Waals surface area contributed by atoms with E-state index in [0.29, 0.717) is 13.0 Å². The molecule has 20 heavy (non-hydrogen) atoms. The summed E-state index contributed by atoms with van der Waals surface area (Å²) >= 11 is 0. The van der Waals surface area contributed by atoms with Gasteiger partial charge in [-0.3, -0.25) is 14.6 Å². The summed E-state index contributed by atoms with van der Waals surface area (Å²) < 4.78 is 0. The second-order valence-electron chi connectivity index (χ2n) is 4.68. The van der Waals surface area contributed by atoms with Crippen molar-refractivity contribution in [3.8, 4) is 0 Å². The molecule has 0 fully saturated rings. The third-order valence-electron chi connectivity index (χ3n) is 3.06. The maximum atomic E-state index is 12.2.